The summed E-state index contributed by atoms with van der Waals surface area (Å²) in [6, 6.07) is 14.7. The second-order valence-corrected chi connectivity index (χ2v) is 7.12. The van der Waals surface area contributed by atoms with Crippen LogP contribution in [0, 0.1) is 5.82 Å². The smallest absolute Gasteiger partial charge is 0.259 e. The lowest BCUT2D eigenvalue weighted by atomic mass is 10.1. The SMILES string of the molecule is COc1ccc(Br)c(C(=O)Nc2nc3c(-c4cccc(F)c4)ccc(OC)n3n2)c1. The lowest BCUT2D eigenvalue weighted by Crippen LogP contribution is -2.14. The Balaban J connectivity index is 1.76. The normalized spacial score (nSPS) is 10.8. The van der Waals surface area contributed by atoms with Gasteiger partial charge in [-0.05, 0) is 57.9 Å². The first-order valence-electron chi connectivity index (χ1n) is 8.84. The highest BCUT2D eigenvalue weighted by molar-refractivity contribution is 9.10. The van der Waals surface area contributed by atoms with Gasteiger partial charge in [-0.2, -0.15) is 9.50 Å². The Morgan fingerprint density at radius 1 is 1.10 bits per heavy atom. The van der Waals surface area contributed by atoms with Crippen molar-refractivity contribution in [3.8, 4) is 22.8 Å². The number of methoxy groups -OCH3 is 2. The molecule has 0 aliphatic carbocycles. The van der Waals surface area contributed by atoms with Crippen molar-refractivity contribution in [2.24, 2.45) is 0 Å². The maximum absolute atomic E-state index is 13.7. The van der Waals surface area contributed by atoms with E-state index in [1.807, 2.05) is 0 Å². The molecule has 0 saturated carbocycles. The first kappa shape index (κ1) is 19.8. The van der Waals surface area contributed by atoms with E-state index >= 15 is 0 Å². The van der Waals surface area contributed by atoms with Gasteiger partial charge in [-0.15, -0.1) is 5.10 Å². The summed E-state index contributed by atoms with van der Waals surface area (Å²) in [7, 11) is 3.03. The molecule has 2 aromatic carbocycles. The number of hydrogen-bond donors (Lipinski definition) is 1. The quantitative estimate of drug-likeness (QED) is 0.462. The minimum absolute atomic E-state index is 0.0804. The first-order valence-corrected chi connectivity index (χ1v) is 9.64. The van der Waals surface area contributed by atoms with Gasteiger partial charge in [0, 0.05) is 16.1 Å². The molecule has 4 rings (SSSR count). The van der Waals surface area contributed by atoms with Gasteiger partial charge in [0.2, 0.25) is 11.8 Å². The van der Waals surface area contributed by atoms with Crippen molar-refractivity contribution >= 4 is 33.4 Å². The summed E-state index contributed by atoms with van der Waals surface area (Å²) in [5, 5.41) is 7.02. The minimum Gasteiger partial charge on any atom is -0.497 e. The molecule has 30 heavy (non-hydrogen) atoms. The van der Waals surface area contributed by atoms with Gasteiger partial charge in [-0.3, -0.25) is 10.1 Å². The lowest BCUT2D eigenvalue weighted by molar-refractivity contribution is 0.102. The van der Waals surface area contributed by atoms with Crippen LogP contribution < -0.4 is 14.8 Å². The van der Waals surface area contributed by atoms with Crippen molar-refractivity contribution in [3.05, 3.63) is 70.5 Å². The second-order valence-electron chi connectivity index (χ2n) is 6.27. The number of aromatic nitrogens is 3. The van der Waals surface area contributed by atoms with Gasteiger partial charge in [-0.25, -0.2) is 4.39 Å². The molecule has 2 aromatic heterocycles. The van der Waals surface area contributed by atoms with Crippen molar-refractivity contribution in [2.45, 2.75) is 0 Å². The first-order chi connectivity index (χ1) is 14.5. The molecule has 2 heterocycles. The number of rotatable bonds is 5. The van der Waals surface area contributed by atoms with E-state index in [1.165, 1.54) is 30.9 Å². The summed E-state index contributed by atoms with van der Waals surface area (Å²) < 4.78 is 26.3. The van der Waals surface area contributed by atoms with Gasteiger partial charge in [0.15, 0.2) is 5.65 Å². The number of anilines is 1. The molecule has 9 heteroatoms. The summed E-state index contributed by atoms with van der Waals surface area (Å²) >= 11 is 3.36. The third kappa shape index (κ3) is 3.71. The molecular formula is C21H16BrFN4O3. The molecule has 0 atom stereocenters. The van der Waals surface area contributed by atoms with Crippen LogP contribution in [0.3, 0.4) is 0 Å². The van der Waals surface area contributed by atoms with Gasteiger partial charge in [-0.1, -0.05) is 12.1 Å². The van der Waals surface area contributed by atoms with Gasteiger partial charge in [0.05, 0.1) is 19.8 Å². The largest absolute Gasteiger partial charge is 0.497 e. The van der Waals surface area contributed by atoms with Gasteiger partial charge < -0.3 is 9.47 Å². The van der Waals surface area contributed by atoms with Crippen LogP contribution in [0.15, 0.2) is 59.1 Å². The van der Waals surface area contributed by atoms with Crippen LogP contribution in [0.1, 0.15) is 10.4 Å². The number of nitrogens with one attached hydrogen (secondary N) is 1. The Kier molecular flexibility index (Phi) is 5.37. The highest BCUT2D eigenvalue weighted by atomic mass is 79.9. The van der Waals surface area contributed by atoms with Crippen LogP contribution in [-0.2, 0) is 0 Å². The van der Waals surface area contributed by atoms with Gasteiger partial charge in [0.25, 0.3) is 5.91 Å². The average molecular weight is 471 g/mol. The third-order valence-corrected chi connectivity index (χ3v) is 5.13. The zero-order chi connectivity index (χ0) is 21.3. The van der Waals surface area contributed by atoms with Crippen LogP contribution in [0.4, 0.5) is 10.3 Å². The minimum atomic E-state index is -0.414. The summed E-state index contributed by atoms with van der Waals surface area (Å²) in [4.78, 5) is 17.2. The summed E-state index contributed by atoms with van der Waals surface area (Å²) in [5.74, 6) is 0.263. The van der Waals surface area contributed by atoms with Crippen LogP contribution in [0.2, 0.25) is 0 Å². The molecular weight excluding hydrogens is 455 g/mol. The molecule has 0 unspecified atom stereocenters. The molecule has 1 N–H and O–H groups in total. The molecule has 0 aliphatic heterocycles. The van der Waals surface area contributed by atoms with Crippen LogP contribution in [0.25, 0.3) is 16.8 Å². The topological polar surface area (TPSA) is 77.8 Å². The summed E-state index contributed by atoms with van der Waals surface area (Å²) in [6.45, 7) is 0. The zero-order valence-corrected chi connectivity index (χ0v) is 17.6. The van der Waals surface area contributed by atoms with Crippen LogP contribution in [0.5, 0.6) is 11.6 Å². The molecule has 152 valence electrons. The van der Waals surface area contributed by atoms with Crippen molar-refractivity contribution in [2.75, 3.05) is 19.5 Å². The predicted molar refractivity (Wildman–Crippen MR) is 114 cm³/mol. The van der Waals surface area contributed by atoms with E-state index in [2.05, 4.69) is 31.3 Å². The van der Waals surface area contributed by atoms with Crippen molar-refractivity contribution in [3.63, 3.8) is 0 Å². The second kappa shape index (κ2) is 8.11. The van der Waals surface area contributed by atoms with E-state index in [0.29, 0.717) is 38.4 Å². The number of fused-ring (bicyclic) bond motifs is 1. The molecule has 0 fully saturated rings. The van der Waals surface area contributed by atoms with E-state index in [0.717, 1.165) is 0 Å². The highest BCUT2D eigenvalue weighted by Gasteiger charge is 2.18. The monoisotopic (exact) mass is 470 g/mol. The van der Waals surface area contributed by atoms with Gasteiger partial charge in [0.1, 0.15) is 11.6 Å². The Morgan fingerprint density at radius 2 is 1.93 bits per heavy atom. The fourth-order valence-corrected chi connectivity index (χ4v) is 3.43. The fraction of sp³-hybridized carbons (Fsp3) is 0.0952. The number of nitrogens with zero attached hydrogens (tertiary/aromatic N) is 3. The van der Waals surface area contributed by atoms with Crippen LogP contribution in [-0.4, -0.2) is 34.7 Å². The zero-order valence-electron chi connectivity index (χ0n) is 16.0. The molecule has 7 nitrogen and oxygen atoms in total. The number of carbonyl (C=O) groups excluding carboxylic acids is 1. The Labute approximate surface area is 179 Å². The number of halogens is 2. The van der Waals surface area contributed by atoms with E-state index in [1.54, 1.807) is 42.5 Å². The van der Waals surface area contributed by atoms with Crippen molar-refractivity contribution in [1.82, 2.24) is 14.6 Å². The van der Waals surface area contributed by atoms with Gasteiger partial charge >= 0.3 is 0 Å². The number of ether oxygens (including phenoxy) is 2. The highest BCUT2D eigenvalue weighted by Crippen LogP contribution is 2.29. The predicted octanol–water partition coefficient (Wildman–Crippen LogP) is 4.57. The molecule has 1 amide bonds. The Morgan fingerprint density at radius 3 is 2.67 bits per heavy atom. The van der Waals surface area contributed by atoms with Crippen molar-refractivity contribution in [1.29, 1.82) is 0 Å². The van der Waals surface area contributed by atoms with E-state index in [4.69, 9.17) is 9.47 Å². The molecule has 0 bridgehead atoms. The summed E-state index contributed by atoms with van der Waals surface area (Å²) in [6.07, 6.45) is 0. The summed E-state index contributed by atoms with van der Waals surface area (Å²) in [5.41, 5.74) is 2.06. The Hall–Kier alpha value is -3.46. The van der Waals surface area contributed by atoms with E-state index in [-0.39, 0.29) is 11.8 Å². The van der Waals surface area contributed by atoms with Crippen LogP contribution >= 0.6 is 15.9 Å². The Bertz CT molecular complexity index is 1260. The number of hydrogen-bond acceptors (Lipinski definition) is 5. The van der Waals surface area contributed by atoms with E-state index < -0.39 is 5.91 Å². The number of benzene rings is 2. The number of amides is 1. The average Bonchev–Trinajstić information content (AvgIpc) is 3.16. The molecule has 0 saturated heterocycles. The standard InChI is InChI=1S/C21H16BrFN4O3/c1-29-14-6-8-17(22)16(11-14)20(28)25-21-24-19-15(12-4-3-5-13(23)10-12)7-9-18(30-2)27(19)26-21/h3-11H,1-2H3,(H,25,26,28). The van der Waals surface area contributed by atoms with Crippen molar-refractivity contribution < 1.29 is 18.7 Å². The molecule has 0 aliphatic rings. The van der Waals surface area contributed by atoms with E-state index in [9.17, 15) is 9.18 Å². The number of pyridine rings is 1. The lowest BCUT2D eigenvalue weighted by Gasteiger charge is -2.06. The molecule has 0 radical (unpaired) electrons. The molecule has 0 spiro atoms. The maximum atomic E-state index is 13.7. The molecule has 4 aromatic rings. The maximum Gasteiger partial charge on any atom is 0.259 e. The third-order valence-electron chi connectivity index (χ3n) is 4.44. The fourth-order valence-electron chi connectivity index (χ4n) is 3.00. The number of carbonyl (C=O) groups is 1.